The normalized spacial score (nSPS) is 10.3. The monoisotopic (exact) mass is 278 g/mol. The van der Waals surface area contributed by atoms with E-state index in [1.807, 2.05) is 0 Å². The molecule has 1 amide bonds. The number of nitrogens with two attached hydrogens (primary N) is 1. The van der Waals surface area contributed by atoms with Gasteiger partial charge in [0.2, 0.25) is 0 Å². The lowest BCUT2D eigenvalue weighted by molar-refractivity contribution is 0.0993. The maximum Gasteiger partial charge on any atom is 0.259 e. The Bertz CT molecular complexity index is 613. The SMILES string of the molecule is CN(C(=O)c1ccc(F)cc1Cl)c1ccc(N)cc1. The molecule has 0 saturated carbocycles. The highest BCUT2D eigenvalue weighted by Gasteiger charge is 2.16. The summed E-state index contributed by atoms with van der Waals surface area (Å²) in [6.45, 7) is 0. The van der Waals surface area contributed by atoms with Gasteiger partial charge in [0.15, 0.2) is 0 Å². The fourth-order valence-electron chi connectivity index (χ4n) is 1.66. The van der Waals surface area contributed by atoms with Gasteiger partial charge >= 0.3 is 0 Å². The minimum atomic E-state index is -0.475. The molecule has 0 fully saturated rings. The first-order chi connectivity index (χ1) is 8.99. The zero-order valence-electron chi connectivity index (χ0n) is 10.2. The summed E-state index contributed by atoms with van der Waals surface area (Å²) in [5, 5.41) is 0.0901. The van der Waals surface area contributed by atoms with E-state index in [1.165, 1.54) is 17.0 Å². The quantitative estimate of drug-likeness (QED) is 0.857. The highest BCUT2D eigenvalue weighted by molar-refractivity contribution is 6.34. The van der Waals surface area contributed by atoms with Gasteiger partial charge in [0.25, 0.3) is 5.91 Å². The van der Waals surface area contributed by atoms with Crippen molar-refractivity contribution < 1.29 is 9.18 Å². The molecule has 98 valence electrons. The average Bonchev–Trinajstić information content (AvgIpc) is 2.38. The van der Waals surface area contributed by atoms with E-state index < -0.39 is 5.82 Å². The Morgan fingerprint density at radius 2 is 1.84 bits per heavy atom. The summed E-state index contributed by atoms with van der Waals surface area (Å²) < 4.78 is 13.0. The first kappa shape index (κ1) is 13.4. The molecular formula is C14H12ClFN2O. The van der Waals surface area contributed by atoms with Gasteiger partial charge in [-0.05, 0) is 42.5 Å². The third-order valence-electron chi connectivity index (χ3n) is 2.75. The Hall–Kier alpha value is -2.07. The summed E-state index contributed by atoms with van der Waals surface area (Å²) in [5.74, 6) is -0.786. The number of amides is 1. The van der Waals surface area contributed by atoms with Gasteiger partial charge in [0, 0.05) is 18.4 Å². The molecule has 2 rings (SSSR count). The van der Waals surface area contributed by atoms with Gasteiger partial charge in [-0.2, -0.15) is 0 Å². The van der Waals surface area contributed by atoms with Gasteiger partial charge in [0.05, 0.1) is 10.6 Å². The maximum absolute atomic E-state index is 13.0. The highest BCUT2D eigenvalue weighted by Crippen LogP contribution is 2.22. The van der Waals surface area contributed by atoms with Crippen LogP contribution in [0.4, 0.5) is 15.8 Å². The number of halogens is 2. The molecule has 19 heavy (non-hydrogen) atoms. The minimum absolute atomic E-state index is 0.0901. The number of rotatable bonds is 2. The molecule has 2 N–H and O–H groups in total. The predicted molar refractivity (Wildman–Crippen MR) is 75.0 cm³/mol. The molecule has 0 radical (unpaired) electrons. The van der Waals surface area contributed by atoms with Gasteiger partial charge in [-0.15, -0.1) is 0 Å². The molecular weight excluding hydrogens is 267 g/mol. The van der Waals surface area contributed by atoms with Crippen molar-refractivity contribution in [2.45, 2.75) is 0 Å². The number of nitrogens with zero attached hydrogens (tertiary/aromatic N) is 1. The van der Waals surface area contributed by atoms with Crippen molar-refractivity contribution in [2.24, 2.45) is 0 Å². The number of nitrogen functional groups attached to an aromatic ring is 1. The first-order valence-electron chi connectivity index (χ1n) is 5.57. The van der Waals surface area contributed by atoms with E-state index in [-0.39, 0.29) is 16.5 Å². The van der Waals surface area contributed by atoms with Gasteiger partial charge < -0.3 is 10.6 Å². The molecule has 0 spiro atoms. The number of anilines is 2. The van der Waals surface area contributed by atoms with Crippen LogP contribution in [0, 0.1) is 5.82 Å². The summed E-state index contributed by atoms with van der Waals surface area (Å²) in [6, 6.07) is 10.5. The average molecular weight is 279 g/mol. The predicted octanol–water partition coefficient (Wildman–Crippen LogP) is 3.34. The molecule has 0 saturated heterocycles. The first-order valence-corrected chi connectivity index (χ1v) is 5.95. The van der Waals surface area contributed by atoms with E-state index in [2.05, 4.69) is 0 Å². The summed E-state index contributed by atoms with van der Waals surface area (Å²) in [7, 11) is 1.62. The lowest BCUT2D eigenvalue weighted by Gasteiger charge is -2.18. The standard InChI is InChI=1S/C14H12ClFN2O/c1-18(11-5-3-10(17)4-6-11)14(19)12-7-2-9(16)8-13(12)15/h2-8H,17H2,1H3. The van der Waals surface area contributed by atoms with Crippen LogP contribution in [-0.4, -0.2) is 13.0 Å². The molecule has 0 aliphatic heterocycles. The number of hydrogen-bond acceptors (Lipinski definition) is 2. The fourth-order valence-corrected chi connectivity index (χ4v) is 1.91. The topological polar surface area (TPSA) is 46.3 Å². The minimum Gasteiger partial charge on any atom is -0.399 e. The van der Waals surface area contributed by atoms with Crippen molar-refractivity contribution in [3.8, 4) is 0 Å². The molecule has 3 nitrogen and oxygen atoms in total. The molecule has 0 bridgehead atoms. The van der Waals surface area contributed by atoms with Crippen molar-refractivity contribution in [2.75, 3.05) is 17.7 Å². The van der Waals surface area contributed by atoms with Crippen LogP contribution in [0.1, 0.15) is 10.4 Å². The Balaban J connectivity index is 2.30. The molecule has 5 heteroatoms. The zero-order chi connectivity index (χ0) is 14.0. The molecule has 0 aromatic heterocycles. The maximum atomic E-state index is 13.0. The van der Waals surface area contributed by atoms with Crippen molar-refractivity contribution in [1.29, 1.82) is 0 Å². The molecule has 0 aliphatic carbocycles. The van der Waals surface area contributed by atoms with Gasteiger partial charge in [-0.1, -0.05) is 11.6 Å². The Morgan fingerprint density at radius 3 is 2.42 bits per heavy atom. The lowest BCUT2D eigenvalue weighted by atomic mass is 10.2. The molecule has 0 heterocycles. The van der Waals surface area contributed by atoms with E-state index >= 15 is 0 Å². The number of hydrogen-bond donors (Lipinski definition) is 1. The molecule has 0 aliphatic rings. The van der Waals surface area contributed by atoms with E-state index in [0.717, 1.165) is 6.07 Å². The van der Waals surface area contributed by atoms with Crippen molar-refractivity contribution >= 4 is 28.9 Å². The number of benzene rings is 2. The van der Waals surface area contributed by atoms with Gasteiger partial charge in [-0.3, -0.25) is 4.79 Å². The van der Waals surface area contributed by atoms with E-state index in [4.69, 9.17) is 17.3 Å². The summed E-state index contributed by atoms with van der Waals surface area (Å²) in [5.41, 5.74) is 7.14. The largest absolute Gasteiger partial charge is 0.399 e. The molecule has 2 aromatic carbocycles. The Morgan fingerprint density at radius 1 is 1.21 bits per heavy atom. The van der Waals surface area contributed by atoms with Crippen molar-refractivity contribution in [3.63, 3.8) is 0 Å². The fraction of sp³-hybridized carbons (Fsp3) is 0.0714. The second-order valence-corrected chi connectivity index (χ2v) is 4.49. The van der Waals surface area contributed by atoms with Crippen LogP contribution >= 0.6 is 11.6 Å². The van der Waals surface area contributed by atoms with E-state index in [0.29, 0.717) is 11.4 Å². The smallest absolute Gasteiger partial charge is 0.259 e. The van der Waals surface area contributed by atoms with Crippen molar-refractivity contribution in [1.82, 2.24) is 0 Å². The zero-order valence-corrected chi connectivity index (χ0v) is 11.0. The molecule has 2 aromatic rings. The Kier molecular flexibility index (Phi) is 3.71. The van der Waals surface area contributed by atoms with Crippen LogP contribution in [0.25, 0.3) is 0 Å². The third kappa shape index (κ3) is 2.85. The second-order valence-electron chi connectivity index (χ2n) is 4.08. The van der Waals surface area contributed by atoms with Crippen molar-refractivity contribution in [3.05, 3.63) is 58.9 Å². The summed E-state index contributed by atoms with van der Waals surface area (Å²) >= 11 is 5.87. The lowest BCUT2D eigenvalue weighted by Crippen LogP contribution is -2.26. The second kappa shape index (κ2) is 5.28. The van der Waals surface area contributed by atoms with E-state index in [9.17, 15) is 9.18 Å². The number of carbonyl (C=O) groups is 1. The van der Waals surface area contributed by atoms with Crippen LogP contribution < -0.4 is 10.6 Å². The highest BCUT2D eigenvalue weighted by atomic mass is 35.5. The third-order valence-corrected chi connectivity index (χ3v) is 3.06. The molecule has 0 atom stereocenters. The van der Waals surface area contributed by atoms with Crippen LogP contribution in [0.3, 0.4) is 0 Å². The van der Waals surface area contributed by atoms with Gasteiger partial charge in [-0.25, -0.2) is 4.39 Å². The number of carbonyl (C=O) groups excluding carboxylic acids is 1. The summed E-state index contributed by atoms with van der Waals surface area (Å²) in [4.78, 5) is 13.7. The van der Waals surface area contributed by atoms with Crippen LogP contribution in [-0.2, 0) is 0 Å². The van der Waals surface area contributed by atoms with Crippen LogP contribution in [0.15, 0.2) is 42.5 Å². The van der Waals surface area contributed by atoms with E-state index in [1.54, 1.807) is 31.3 Å². The van der Waals surface area contributed by atoms with Gasteiger partial charge in [0.1, 0.15) is 5.82 Å². The van der Waals surface area contributed by atoms with Crippen LogP contribution in [0.5, 0.6) is 0 Å². The Labute approximate surface area is 115 Å². The van der Waals surface area contributed by atoms with Crippen LogP contribution in [0.2, 0.25) is 5.02 Å². The molecule has 0 unspecified atom stereocenters. The summed E-state index contributed by atoms with van der Waals surface area (Å²) in [6.07, 6.45) is 0.